The summed E-state index contributed by atoms with van der Waals surface area (Å²) in [5, 5.41) is 2.36. The third-order valence-electron chi connectivity index (χ3n) is 11.1. The Morgan fingerprint density at radius 1 is 0.491 bits per heavy atom. The van der Waals surface area contributed by atoms with Gasteiger partial charge in [-0.05, 0) is 98.5 Å². The Morgan fingerprint density at radius 2 is 1.11 bits per heavy atom. The van der Waals surface area contributed by atoms with Gasteiger partial charge >= 0.3 is 0 Å². The molecule has 290 valence electrons. The predicted molar refractivity (Wildman–Crippen MR) is 235 cm³/mol. The topological polar surface area (TPSA) is 48.8 Å². The van der Waals surface area contributed by atoms with Crippen LogP contribution in [0.4, 0.5) is 0 Å². The molecule has 57 heavy (non-hydrogen) atoms. The van der Waals surface area contributed by atoms with Crippen molar-refractivity contribution in [2.45, 2.75) is 105 Å². The summed E-state index contributed by atoms with van der Waals surface area (Å²) >= 11 is 0. The van der Waals surface area contributed by atoms with Crippen molar-refractivity contribution in [3.63, 3.8) is 0 Å². The smallest absolute Gasteiger partial charge is 0.271 e. The second-order valence-corrected chi connectivity index (χ2v) is 19.6. The number of hydrogen-bond acceptors (Lipinski definition) is 3. The fraction of sp³-hybridized carbons (Fsp3) is 0.314. The quantitative estimate of drug-likeness (QED) is 0.130. The zero-order valence-corrected chi connectivity index (χ0v) is 35.6. The van der Waals surface area contributed by atoms with Crippen LogP contribution in [0.3, 0.4) is 0 Å². The number of aromatic nitrogens is 5. The number of benzene rings is 4. The van der Waals surface area contributed by atoms with Gasteiger partial charge in [0.15, 0.2) is 5.82 Å². The fourth-order valence-electron chi connectivity index (χ4n) is 7.53. The highest BCUT2D eigenvalue weighted by Crippen LogP contribution is 2.38. The first-order valence-electron chi connectivity index (χ1n) is 20.1. The molecule has 8 rings (SSSR count). The van der Waals surface area contributed by atoms with Gasteiger partial charge in [0, 0.05) is 35.3 Å². The second kappa shape index (κ2) is 13.4. The summed E-state index contributed by atoms with van der Waals surface area (Å²) in [5.41, 5.74) is 10.4. The standard InChI is InChI=1S/C51H55N5O/c1-48(2,3)33-17-20-42-41(28-33)40-19-18-38(30-45(40)56(42)47-29-34(21-23-53-47)49(4,5)6)57-39-22-24-52-46(31-39)55-32-54(43-15-13-14-16-44(43)55)37-26-35(50(7,8)9)25-36(27-37)51(10,11)12/h13-31H,1-12H3. The zero-order valence-electron chi connectivity index (χ0n) is 35.6. The van der Waals surface area contributed by atoms with E-state index in [9.17, 15) is 0 Å². The Labute approximate surface area is 337 Å². The van der Waals surface area contributed by atoms with Crippen LogP contribution in [0, 0.1) is 6.33 Å². The van der Waals surface area contributed by atoms with Gasteiger partial charge in [-0.25, -0.2) is 4.98 Å². The van der Waals surface area contributed by atoms with Gasteiger partial charge in [-0.3, -0.25) is 18.7 Å². The second-order valence-electron chi connectivity index (χ2n) is 19.6. The van der Waals surface area contributed by atoms with Crippen molar-refractivity contribution < 1.29 is 9.30 Å². The molecule has 6 heteroatoms. The molecule has 0 aliphatic heterocycles. The Balaban J connectivity index is 1.23. The lowest BCUT2D eigenvalue weighted by molar-refractivity contribution is -0.572. The molecule has 0 saturated heterocycles. The van der Waals surface area contributed by atoms with E-state index < -0.39 is 0 Å². The summed E-state index contributed by atoms with van der Waals surface area (Å²) in [7, 11) is 0. The van der Waals surface area contributed by atoms with Crippen LogP contribution in [0.2, 0.25) is 0 Å². The van der Waals surface area contributed by atoms with Crippen LogP contribution < -0.4 is 9.30 Å². The number of ether oxygens (including phenoxy) is 1. The molecule has 0 spiro atoms. The zero-order chi connectivity index (χ0) is 40.7. The third-order valence-corrected chi connectivity index (χ3v) is 11.1. The normalized spacial score (nSPS) is 12.9. The summed E-state index contributed by atoms with van der Waals surface area (Å²) in [5.74, 6) is 3.03. The average Bonchev–Trinajstić information content (AvgIpc) is 3.69. The summed E-state index contributed by atoms with van der Waals surface area (Å²) in [6.07, 6.45) is 7.40. The minimum absolute atomic E-state index is 0.0120. The number of rotatable bonds is 5. The molecule has 0 fully saturated rings. The van der Waals surface area contributed by atoms with Crippen LogP contribution in [0.25, 0.3) is 50.2 Å². The molecule has 0 bridgehead atoms. The maximum atomic E-state index is 6.69. The number of pyridine rings is 2. The van der Waals surface area contributed by atoms with Crippen molar-refractivity contribution in [3.8, 4) is 28.8 Å². The number of para-hydroxylation sites is 2. The molecule has 0 aliphatic rings. The van der Waals surface area contributed by atoms with Crippen LogP contribution in [-0.2, 0) is 21.7 Å². The number of imidazole rings is 1. The van der Waals surface area contributed by atoms with Gasteiger partial charge in [0.25, 0.3) is 6.33 Å². The van der Waals surface area contributed by atoms with Crippen molar-refractivity contribution in [2.75, 3.05) is 0 Å². The maximum Gasteiger partial charge on any atom is 0.271 e. The van der Waals surface area contributed by atoms with Gasteiger partial charge in [-0.1, -0.05) is 119 Å². The van der Waals surface area contributed by atoms with E-state index >= 15 is 0 Å². The molecule has 4 aromatic heterocycles. The highest BCUT2D eigenvalue weighted by Gasteiger charge is 2.24. The van der Waals surface area contributed by atoms with E-state index in [0.29, 0.717) is 5.75 Å². The SMILES string of the molecule is CC(C)(C)c1cc(-[n+]2[c-]n(-c3cc(Oc4ccc5c6cc(C(C)(C)C)ccc6n(-c6cc(C(C)(C)C)ccn6)c5c4)ccn3)c3ccccc32)cc(C(C)(C)C)c1. The van der Waals surface area contributed by atoms with Gasteiger partial charge in [-0.2, -0.15) is 0 Å². The van der Waals surface area contributed by atoms with Gasteiger partial charge in [-0.15, -0.1) is 0 Å². The molecule has 6 nitrogen and oxygen atoms in total. The Kier molecular flexibility index (Phi) is 8.99. The Hall–Kier alpha value is -5.75. The van der Waals surface area contributed by atoms with Crippen LogP contribution in [0.1, 0.15) is 105 Å². The third kappa shape index (κ3) is 7.22. The first kappa shape index (κ1) is 38.1. The molecule has 4 heterocycles. The lowest BCUT2D eigenvalue weighted by Crippen LogP contribution is -2.31. The largest absolute Gasteiger partial charge is 0.458 e. The molecular weight excluding hydrogens is 699 g/mol. The molecule has 4 aromatic carbocycles. The van der Waals surface area contributed by atoms with Crippen molar-refractivity contribution >= 4 is 32.8 Å². The van der Waals surface area contributed by atoms with Gasteiger partial charge < -0.3 is 4.74 Å². The van der Waals surface area contributed by atoms with E-state index in [4.69, 9.17) is 14.7 Å². The number of fused-ring (bicyclic) bond motifs is 4. The lowest BCUT2D eigenvalue weighted by Gasteiger charge is -2.26. The highest BCUT2D eigenvalue weighted by atomic mass is 16.5. The van der Waals surface area contributed by atoms with Crippen molar-refractivity contribution in [1.82, 2.24) is 19.1 Å². The van der Waals surface area contributed by atoms with Gasteiger partial charge in [0.2, 0.25) is 0 Å². The van der Waals surface area contributed by atoms with Crippen LogP contribution in [0.5, 0.6) is 11.5 Å². The van der Waals surface area contributed by atoms with Gasteiger partial charge in [0.1, 0.15) is 17.3 Å². The van der Waals surface area contributed by atoms with Crippen LogP contribution >= 0.6 is 0 Å². The van der Waals surface area contributed by atoms with Crippen molar-refractivity contribution in [3.05, 3.63) is 144 Å². The molecule has 0 radical (unpaired) electrons. The van der Waals surface area contributed by atoms with E-state index in [1.807, 2.05) is 22.9 Å². The molecule has 0 N–H and O–H groups in total. The minimum Gasteiger partial charge on any atom is -0.458 e. The molecule has 8 aromatic rings. The minimum atomic E-state index is -0.0171. The molecule has 0 atom stereocenters. The molecule has 0 unspecified atom stereocenters. The highest BCUT2D eigenvalue weighted by molar-refractivity contribution is 6.09. The van der Waals surface area contributed by atoms with E-state index in [0.717, 1.165) is 50.5 Å². The van der Waals surface area contributed by atoms with E-state index in [1.54, 1.807) is 6.20 Å². The van der Waals surface area contributed by atoms with Crippen LogP contribution in [-0.4, -0.2) is 19.1 Å². The number of nitrogens with zero attached hydrogens (tertiary/aromatic N) is 5. The fourth-order valence-corrected chi connectivity index (χ4v) is 7.53. The summed E-state index contributed by atoms with van der Waals surface area (Å²) in [6, 6.07) is 36.8. The molecule has 0 aliphatic carbocycles. The summed E-state index contributed by atoms with van der Waals surface area (Å²) in [4.78, 5) is 9.75. The molecule has 0 amide bonds. The van der Waals surface area contributed by atoms with Crippen molar-refractivity contribution in [1.29, 1.82) is 0 Å². The number of hydrogen-bond donors (Lipinski definition) is 0. The lowest BCUT2D eigenvalue weighted by atomic mass is 9.80. The first-order valence-corrected chi connectivity index (χ1v) is 20.1. The first-order chi connectivity index (χ1) is 26.8. The van der Waals surface area contributed by atoms with E-state index in [1.165, 1.54) is 27.6 Å². The van der Waals surface area contributed by atoms with Gasteiger partial charge in [0.05, 0.1) is 27.8 Å². The average molecular weight is 754 g/mol. The van der Waals surface area contributed by atoms with E-state index in [-0.39, 0.29) is 21.7 Å². The monoisotopic (exact) mass is 753 g/mol. The van der Waals surface area contributed by atoms with E-state index in [2.05, 4.69) is 190 Å². The summed E-state index contributed by atoms with van der Waals surface area (Å²) in [6.45, 7) is 27.1. The molecule has 0 saturated carbocycles. The Bertz CT molecular complexity index is 2780. The Morgan fingerprint density at radius 3 is 1.79 bits per heavy atom. The maximum absolute atomic E-state index is 6.69. The van der Waals surface area contributed by atoms with Crippen LogP contribution in [0.15, 0.2) is 116 Å². The molecular formula is C51H55N5O. The summed E-state index contributed by atoms with van der Waals surface area (Å²) < 4.78 is 13.2. The predicted octanol–water partition coefficient (Wildman–Crippen LogP) is 12.6. The van der Waals surface area contributed by atoms with Crippen molar-refractivity contribution in [2.24, 2.45) is 0 Å².